The molecule has 0 aliphatic rings. The van der Waals surface area contributed by atoms with Crippen molar-refractivity contribution in [3.8, 4) is 0 Å². The van der Waals surface area contributed by atoms with Gasteiger partial charge in [0, 0.05) is 18.0 Å². The number of hydrogen-bond donors (Lipinski definition) is 3. The molecule has 0 aliphatic heterocycles. The number of carbonyl (C=O) groups is 2. The zero-order valence-corrected chi connectivity index (χ0v) is 11.4. The average molecular weight is 311 g/mol. The van der Waals surface area contributed by atoms with Crippen LogP contribution in [0.5, 0.6) is 0 Å². The van der Waals surface area contributed by atoms with Crippen molar-refractivity contribution in [2.75, 3.05) is 11.9 Å². The monoisotopic (exact) mass is 310 g/mol. The molecule has 2 aromatic rings. The van der Waals surface area contributed by atoms with Crippen molar-refractivity contribution < 1.29 is 19.2 Å². The molecule has 0 fully saturated rings. The lowest BCUT2D eigenvalue weighted by atomic mass is 10.2. The van der Waals surface area contributed by atoms with Crippen molar-refractivity contribution in [3.05, 3.63) is 41.0 Å². The molecule has 3 N–H and O–H groups in total. The number of nitrogens with one attached hydrogen (secondary N) is 2. The average Bonchev–Trinajstić information content (AvgIpc) is 2.94. The van der Waals surface area contributed by atoms with Gasteiger partial charge in [-0.3, -0.25) is 0 Å². The number of amides is 2. The lowest BCUT2D eigenvalue weighted by molar-refractivity contribution is 0.0698. The van der Waals surface area contributed by atoms with Gasteiger partial charge in [0.1, 0.15) is 0 Å². The maximum Gasteiger partial charge on any atom is 0.337 e. The number of halogens is 1. The quantitative estimate of drug-likeness (QED) is 0.775. The highest BCUT2D eigenvalue weighted by Gasteiger charge is 2.13. The van der Waals surface area contributed by atoms with Crippen LogP contribution in [0.25, 0.3) is 0 Å². The lowest BCUT2D eigenvalue weighted by Gasteiger charge is -2.09. The Labute approximate surface area is 124 Å². The fraction of sp³-hybridized carbons (Fsp3) is 0.167. The summed E-state index contributed by atoms with van der Waals surface area (Å²) in [6.45, 7) is 0.268. The van der Waals surface area contributed by atoms with Crippen LogP contribution in [0.15, 0.2) is 29.0 Å². The number of benzene rings is 1. The first-order chi connectivity index (χ1) is 10.1. The minimum Gasteiger partial charge on any atom is -0.478 e. The molecule has 0 saturated carbocycles. The summed E-state index contributed by atoms with van der Waals surface area (Å²) in [5.74, 6) is -0.785. The number of anilines is 1. The van der Waals surface area contributed by atoms with Gasteiger partial charge >= 0.3 is 12.0 Å². The Morgan fingerprint density at radius 3 is 2.86 bits per heavy atom. The van der Waals surface area contributed by atoms with Gasteiger partial charge in [0.15, 0.2) is 6.33 Å². The molecule has 21 heavy (non-hydrogen) atoms. The van der Waals surface area contributed by atoms with Crippen molar-refractivity contribution >= 4 is 29.3 Å². The first-order valence-corrected chi connectivity index (χ1v) is 6.27. The largest absolute Gasteiger partial charge is 0.478 e. The lowest BCUT2D eigenvalue weighted by Crippen LogP contribution is -2.31. The van der Waals surface area contributed by atoms with Crippen LogP contribution in [0, 0.1) is 0 Å². The summed E-state index contributed by atoms with van der Waals surface area (Å²) in [5, 5.41) is 17.7. The van der Waals surface area contributed by atoms with Gasteiger partial charge in [-0.2, -0.15) is 4.98 Å². The maximum atomic E-state index is 11.7. The van der Waals surface area contributed by atoms with Crippen molar-refractivity contribution in [2.45, 2.75) is 6.42 Å². The predicted octanol–water partition coefficient (Wildman–Crippen LogP) is 1.79. The van der Waals surface area contributed by atoms with Crippen molar-refractivity contribution in [1.82, 2.24) is 15.5 Å². The Bertz CT molecular complexity index is 645. The van der Waals surface area contributed by atoms with Crippen LogP contribution >= 0.6 is 11.6 Å². The fourth-order valence-electron chi connectivity index (χ4n) is 1.56. The number of carboxylic acid groups (broad SMARTS) is 1. The summed E-state index contributed by atoms with van der Waals surface area (Å²) >= 11 is 5.72. The van der Waals surface area contributed by atoms with Crippen LogP contribution in [0.1, 0.15) is 16.2 Å². The zero-order chi connectivity index (χ0) is 15.2. The molecule has 1 heterocycles. The highest BCUT2D eigenvalue weighted by atomic mass is 35.5. The number of carboxylic acids is 1. The number of aromatic carboxylic acids is 1. The molecule has 2 rings (SSSR count). The van der Waals surface area contributed by atoms with E-state index in [1.807, 2.05) is 0 Å². The van der Waals surface area contributed by atoms with E-state index in [-0.39, 0.29) is 22.8 Å². The molecule has 8 nitrogen and oxygen atoms in total. The van der Waals surface area contributed by atoms with E-state index in [9.17, 15) is 9.59 Å². The summed E-state index contributed by atoms with van der Waals surface area (Å²) in [5.41, 5.74) is 0.0664. The minimum atomic E-state index is -1.18. The molecule has 0 bridgehead atoms. The molecule has 110 valence electrons. The van der Waals surface area contributed by atoms with Gasteiger partial charge in [0.05, 0.1) is 11.3 Å². The first-order valence-electron chi connectivity index (χ1n) is 5.89. The summed E-state index contributed by atoms with van der Waals surface area (Å²) in [7, 11) is 0. The normalized spacial score (nSPS) is 10.1. The summed E-state index contributed by atoms with van der Waals surface area (Å²) in [4.78, 5) is 26.6. The summed E-state index contributed by atoms with van der Waals surface area (Å²) < 4.78 is 4.77. The number of hydrogen-bond acceptors (Lipinski definition) is 5. The Morgan fingerprint density at radius 1 is 1.38 bits per heavy atom. The minimum absolute atomic E-state index is 0.0884. The van der Waals surface area contributed by atoms with Gasteiger partial charge in [0.2, 0.25) is 5.89 Å². The van der Waals surface area contributed by atoms with Gasteiger partial charge in [0.25, 0.3) is 0 Å². The standard InChI is InChI=1S/C12H11ClN4O4/c13-7-1-2-9(8(5-7)11(18)19)17-12(20)14-4-3-10-15-6-16-21-10/h1-2,5-6H,3-4H2,(H,18,19)(H2,14,17,20). The fourth-order valence-corrected chi connectivity index (χ4v) is 1.73. The van der Waals surface area contributed by atoms with E-state index in [1.54, 1.807) is 0 Å². The molecule has 0 aliphatic carbocycles. The Balaban J connectivity index is 1.92. The van der Waals surface area contributed by atoms with E-state index < -0.39 is 12.0 Å². The van der Waals surface area contributed by atoms with E-state index in [4.69, 9.17) is 21.2 Å². The van der Waals surface area contributed by atoms with E-state index in [2.05, 4.69) is 20.8 Å². The first kappa shape index (κ1) is 14.8. The van der Waals surface area contributed by atoms with Crippen LogP contribution in [-0.4, -0.2) is 33.8 Å². The Hall–Kier alpha value is -2.61. The van der Waals surface area contributed by atoms with Gasteiger partial charge < -0.3 is 20.3 Å². The third-order valence-corrected chi connectivity index (χ3v) is 2.73. The van der Waals surface area contributed by atoms with Crippen molar-refractivity contribution in [1.29, 1.82) is 0 Å². The van der Waals surface area contributed by atoms with Gasteiger partial charge in [-0.1, -0.05) is 16.8 Å². The number of rotatable bonds is 5. The predicted molar refractivity (Wildman–Crippen MR) is 73.4 cm³/mol. The highest BCUT2D eigenvalue weighted by molar-refractivity contribution is 6.31. The van der Waals surface area contributed by atoms with Gasteiger partial charge in [-0.15, -0.1) is 0 Å². The van der Waals surface area contributed by atoms with Crippen molar-refractivity contribution in [2.24, 2.45) is 0 Å². The summed E-state index contributed by atoms with van der Waals surface area (Å²) in [6, 6.07) is 3.63. The number of nitrogens with zero attached hydrogens (tertiary/aromatic N) is 2. The Morgan fingerprint density at radius 2 is 2.19 bits per heavy atom. The smallest absolute Gasteiger partial charge is 0.337 e. The maximum absolute atomic E-state index is 11.7. The van der Waals surface area contributed by atoms with E-state index in [1.165, 1.54) is 24.5 Å². The number of carbonyl (C=O) groups excluding carboxylic acids is 1. The number of urea groups is 1. The van der Waals surface area contributed by atoms with Gasteiger partial charge in [-0.25, -0.2) is 9.59 Å². The molecule has 9 heteroatoms. The topological polar surface area (TPSA) is 117 Å². The molecule has 0 saturated heterocycles. The SMILES string of the molecule is O=C(NCCc1ncno1)Nc1ccc(Cl)cc1C(=O)O. The highest BCUT2D eigenvalue weighted by Crippen LogP contribution is 2.20. The van der Waals surface area contributed by atoms with Crippen LogP contribution in [-0.2, 0) is 6.42 Å². The molecule has 1 aromatic carbocycles. The molecule has 0 spiro atoms. The van der Waals surface area contributed by atoms with Crippen LogP contribution in [0.4, 0.5) is 10.5 Å². The van der Waals surface area contributed by atoms with Crippen LogP contribution in [0.2, 0.25) is 5.02 Å². The molecule has 0 radical (unpaired) electrons. The van der Waals surface area contributed by atoms with Crippen molar-refractivity contribution in [3.63, 3.8) is 0 Å². The molecule has 0 unspecified atom stereocenters. The summed E-state index contributed by atoms with van der Waals surface area (Å²) in [6.07, 6.45) is 1.64. The third-order valence-electron chi connectivity index (χ3n) is 2.49. The molecule has 0 atom stereocenters. The third kappa shape index (κ3) is 4.18. The number of aromatic nitrogens is 2. The molecular formula is C12H11ClN4O4. The second kappa shape index (κ2) is 6.71. The van der Waals surface area contributed by atoms with Gasteiger partial charge in [-0.05, 0) is 18.2 Å². The van der Waals surface area contributed by atoms with E-state index in [0.29, 0.717) is 12.3 Å². The molecule has 1 aromatic heterocycles. The van der Waals surface area contributed by atoms with E-state index >= 15 is 0 Å². The zero-order valence-electron chi connectivity index (χ0n) is 10.7. The molecule has 2 amide bonds. The second-order valence-electron chi connectivity index (χ2n) is 3.96. The van der Waals surface area contributed by atoms with Crippen LogP contribution < -0.4 is 10.6 Å². The van der Waals surface area contributed by atoms with Crippen LogP contribution in [0.3, 0.4) is 0 Å². The molecular weight excluding hydrogens is 300 g/mol. The second-order valence-corrected chi connectivity index (χ2v) is 4.40. The Kier molecular flexibility index (Phi) is 4.72. The van der Waals surface area contributed by atoms with E-state index in [0.717, 1.165) is 0 Å².